The first-order valence-corrected chi connectivity index (χ1v) is 7.28. The van der Waals surface area contributed by atoms with Gasteiger partial charge in [-0.25, -0.2) is 4.79 Å². The predicted molar refractivity (Wildman–Crippen MR) is 80.4 cm³/mol. The summed E-state index contributed by atoms with van der Waals surface area (Å²) in [4.78, 5) is 13.6. The first kappa shape index (κ1) is 16.4. The van der Waals surface area contributed by atoms with Gasteiger partial charge < -0.3 is 10.0 Å². The molecule has 0 aliphatic carbocycles. The van der Waals surface area contributed by atoms with E-state index < -0.39 is 5.97 Å². The third-order valence-corrected chi connectivity index (χ3v) is 3.96. The van der Waals surface area contributed by atoms with Crippen molar-refractivity contribution in [3.8, 4) is 0 Å². The Labute approximate surface area is 121 Å². The fourth-order valence-electron chi connectivity index (χ4n) is 2.30. The second kappa shape index (κ2) is 7.22. The lowest BCUT2D eigenvalue weighted by molar-refractivity contribution is 0.0696. The fourth-order valence-corrected chi connectivity index (χ4v) is 2.30. The summed E-state index contributed by atoms with van der Waals surface area (Å²) in [5.74, 6) is 0.105. The summed E-state index contributed by atoms with van der Waals surface area (Å²) in [7, 11) is 0. The van der Waals surface area contributed by atoms with Gasteiger partial charge in [-0.2, -0.15) is 5.10 Å². The summed E-state index contributed by atoms with van der Waals surface area (Å²) < 4.78 is 0. The molecule has 1 rings (SSSR count). The van der Waals surface area contributed by atoms with Crippen LogP contribution in [0.5, 0.6) is 0 Å². The monoisotopic (exact) mass is 279 g/mol. The number of hydrogen-bond acceptors (Lipinski definition) is 4. The number of carboxylic acid groups (broad SMARTS) is 1. The van der Waals surface area contributed by atoms with Gasteiger partial charge in [-0.3, -0.25) is 0 Å². The maximum absolute atomic E-state index is 11.5. The average Bonchev–Trinajstić information content (AvgIpc) is 2.43. The van der Waals surface area contributed by atoms with Crippen molar-refractivity contribution in [2.45, 2.75) is 47.5 Å². The van der Waals surface area contributed by atoms with Gasteiger partial charge >= 0.3 is 5.97 Å². The molecule has 0 fully saturated rings. The number of carboxylic acids is 1. The lowest BCUT2D eigenvalue weighted by Crippen LogP contribution is -2.32. The van der Waals surface area contributed by atoms with Crippen molar-refractivity contribution in [1.82, 2.24) is 10.2 Å². The quantitative estimate of drug-likeness (QED) is 0.831. The van der Waals surface area contributed by atoms with Crippen molar-refractivity contribution in [3.05, 3.63) is 16.8 Å². The number of carbonyl (C=O) groups is 1. The van der Waals surface area contributed by atoms with Crippen LogP contribution in [-0.4, -0.2) is 34.4 Å². The SMILES string of the molecule is CCC(CC)CN(CC)c1nnc(C)c(C)c1C(=O)O. The van der Waals surface area contributed by atoms with Crippen LogP contribution in [0, 0.1) is 19.8 Å². The minimum absolute atomic E-state index is 0.283. The number of aromatic carboxylic acids is 1. The lowest BCUT2D eigenvalue weighted by atomic mass is 10.0. The van der Waals surface area contributed by atoms with Crippen LogP contribution in [0.1, 0.15) is 55.2 Å². The van der Waals surface area contributed by atoms with E-state index >= 15 is 0 Å². The largest absolute Gasteiger partial charge is 0.478 e. The maximum atomic E-state index is 11.5. The molecular formula is C15H25N3O2. The summed E-state index contributed by atoms with van der Waals surface area (Å²) in [6.45, 7) is 11.5. The Balaban J connectivity index is 3.21. The molecule has 112 valence electrons. The molecule has 0 saturated heterocycles. The molecule has 1 aromatic heterocycles. The van der Waals surface area contributed by atoms with E-state index in [4.69, 9.17) is 0 Å². The highest BCUT2D eigenvalue weighted by atomic mass is 16.4. The third kappa shape index (κ3) is 3.46. The van der Waals surface area contributed by atoms with Crippen LogP contribution in [0.3, 0.4) is 0 Å². The van der Waals surface area contributed by atoms with Gasteiger partial charge in [0.2, 0.25) is 0 Å². The van der Waals surface area contributed by atoms with Crippen molar-refractivity contribution >= 4 is 11.8 Å². The molecule has 1 N–H and O–H groups in total. The smallest absolute Gasteiger partial charge is 0.339 e. The van der Waals surface area contributed by atoms with Crippen LogP contribution in [0.15, 0.2) is 0 Å². The number of rotatable bonds is 7. The molecule has 0 aliphatic heterocycles. The fraction of sp³-hybridized carbons (Fsp3) is 0.667. The second-order valence-electron chi connectivity index (χ2n) is 5.14. The zero-order valence-corrected chi connectivity index (χ0v) is 13.1. The Kier molecular flexibility index (Phi) is 5.92. The molecule has 1 aromatic rings. The average molecular weight is 279 g/mol. The van der Waals surface area contributed by atoms with E-state index in [9.17, 15) is 9.90 Å². The molecule has 1 heterocycles. The van der Waals surface area contributed by atoms with Gasteiger partial charge in [0.15, 0.2) is 5.82 Å². The normalized spacial score (nSPS) is 10.9. The van der Waals surface area contributed by atoms with Crippen molar-refractivity contribution < 1.29 is 9.90 Å². The molecule has 0 aromatic carbocycles. The zero-order valence-electron chi connectivity index (χ0n) is 13.1. The summed E-state index contributed by atoms with van der Waals surface area (Å²) >= 11 is 0. The molecule has 0 spiro atoms. The highest BCUT2D eigenvalue weighted by Gasteiger charge is 2.22. The van der Waals surface area contributed by atoms with E-state index in [1.807, 2.05) is 11.8 Å². The summed E-state index contributed by atoms with van der Waals surface area (Å²) in [6.07, 6.45) is 2.15. The standard InChI is InChI=1S/C15H25N3O2/c1-6-12(7-2)9-18(8-3)14-13(15(19)20)10(4)11(5)16-17-14/h12H,6-9H2,1-5H3,(H,19,20). The van der Waals surface area contributed by atoms with E-state index in [1.54, 1.807) is 13.8 Å². The Morgan fingerprint density at radius 2 is 1.80 bits per heavy atom. The topological polar surface area (TPSA) is 66.3 Å². The number of nitrogens with zero attached hydrogens (tertiary/aromatic N) is 3. The molecule has 0 saturated carbocycles. The highest BCUT2D eigenvalue weighted by molar-refractivity contribution is 5.95. The zero-order chi connectivity index (χ0) is 15.3. The predicted octanol–water partition coefficient (Wildman–Crippen LogP) is 3.05. The Morgan fingerprint density at radius 1 is 1.20 bits per heavy atom. The Morgan fingerprint density at radius 3 is 2.25 bits per heavy atom. The van der Waals surface area contributed by atoms with Gasteiger partial charge in [-0.1, -0.05) is 26.7 Å². The van der Waals surface area contributed by atoms with Gasteiger partial charge in [-0.15, -0.1) is 5.10 Å². The van der Waals surface area contributed by atoms with E-state index in [-0.39, 0.29) is 5.56 Å². The maximum Gasteiger partial charge on any atom is 0.339 e. The minimum atomic E-state index is -0.932. The highest BCUT2D eigenvalue weighted by Crippen LogP contribution is 2.24. The number of aryl methyl sites for hydroxylation is 1. The first-order valence-electron chi connectivity index (χ1n) is 7.28. The van der Waals surface area contributed by atoms with E-state index in [0.29, 0.717) is 23.0 Å². The molecule has 5 heteroatoms. The van der Waals surface area contributed by atoms with Crippen molar-refractivity contribution in [2.75, 3.05) is 18.0 Å². The third-order valence-electron chi connectivity index (χ3n) is 3.96. The van der Waals surface area contributed by atoms with E-state index in [1.165, 1.54) is 0 Å². The summed E-state index contributed by atoms with van der Waals surface area (Å²) in [5.41, 5.74) is 1.65. The first-order chi connectivity index (χ1) is 9.46. The van der Waals surface area contributed by atoms with Crippen LogP contribution >= 0.6 is 0 Å². The molecule has 5 nitrogen and oxygen atoms in total. The number of hydrogen-bond donors (Lipinski definition) is 1. The van der Waals surface area contributed by atoms with Crippen LogP contribution < -0.4 is 4.90 Å². The molecule has 20 heavy (non-hydrogen) atoms. The van der Waals surface area contributed by atoms with Crippen molar-refractivity contribution in [1.29, 1.82) is 0 Å². The Hall–Kier alpha value is -1.65. The van der Waals surface area contributed by atoms with Gasteiger partial charge in [0.25, 0.3) is 0 Å². The van der Waals surface area contributed by atoms with Gasteiger partial charge in [-0.05, 0) is 32.3 Å². The molecule has 0 unspecified atom stereocenters. The van der Waals surface area contributed by atoms with Crippen LogP contribution in [0.2, 0.25) is 0 Å². The molecule has 0 bridgehead atoms. The van der Waals surface area contributed by atoms with Gasteiger partial charge in [0.05, 0.1) is 5.69 Å². The molecular weight excluding hydrogens is 254 g/mol. The van der Waals surface area contributed by atoms with Crippen molar-refractivity contribution in [3.63, 3.8) is 0 Å². The Bertz CT molecular complexity index is 470. The van der Waals surface area contributed by atoms with Crippen LogP contribution in [0.25, 0.3) is 0 Å². The van der Waals surface area contributed by atoms with Gasteiger partial charge in [0.1, 0.15) is 5.56 Å². The summed E-state index contributed by atoms with van der Waals surface area (Å²) in [6, 6.07) is 0. The molecule has 0 amide bonds. The molecule has 0 atom stereocenters. The minimum Gasteiger partial charge on any atom is -0.478 e. The van der Waals surface area contributed by atoms with E-state index in [0.717, 1.165) is 25.9 Å². The van der Waals surface area contributed by atoms with Crippen LogP contribution in [-0.2, 0) is 0 Å². The second-order valence-corrected chi connectivity index (χ2v) is 5.14. The lowest BCUT2D eigenvalue weighted by Gasteiger charge is -2.27. The van der Waals surface area contributed by atoms with Crippen molar-refractivity contribution in [2.24, 2.45) is 5.92 Å². The van der Waals surface area contributed by atoms with E-state index in [2.05, 4.69) is 24.0 Å². The summed E-state index contributed by atoms with van der Waals surface area (Å²) in [5, 5.41) is 17.7. The molecule has 0 aliphatic rings. The molecule has 0 radical (unpaired) electrons. The number of aromatic nitrogens is 2. The van der Waals surface area contributed by atoms with Gasteiger partial charge in [0, 0.05) is 13.1 Å². The number of anilines is 1. The van der Waals surface area contributed by atoms with Crippen LogP contribution in [0.4, 0.5) is 5.82 Å².